The summed E-state index contributed by atoms with van der Waals surface area (Å²) < 4.78 is 7.37. The van der Waals surface area contributed by atoms with E-state index in [1.54, 1.807) is 23.6 Å². The molecule has 26 heavy (non-hydrogen) atoms. The predicted octanol–water partition coefficient (Wildman–Crippen LogP) is 3.60. The van der Waals surface area contributed by atoms with E-state index in [1.165, 1.54) is 11.8 Å². The summed E-state index contributed by atoms with van der Waals surface area (Å²) in [6.07, 6.45) is 0.272. The summed E-state index contributed by atoms with van der Waals surface area (Å²) in [6.45, 7) is 4.17. The number of thioether (sulfide) groups is 1. The zero-order valence-corrected chi connectivity index (χ0v) is 16.7. The number of aryl methyl sites for hydroxylation is 1. The van der Waals surface area contributed by atoms with Gasteiger partial charge in [0.25, 0.3) is 5.56 Å². The van der Waals surface area contributed by atoms with E-state index < -0.39 is 0 Å². The molecule has 0 saturated carbocycles. The Balaban J connectivity index is 1.71. The number of amides is 1. The molecule has 0 aliphatic rings. The third kappa shape index (κ3) is 4.16. The van der Waals surface area contributed by atoms with E-state index in [0.29, 0.717) is 39.9 Å². The predicted molar refractivity (Wildman–Crippen MR) is 105 cm³/mol. The Bertz CT molecular complexity index is 1010. The fraction of sp³-hybridized carbons (Fsp3) is 0.294. The van der Waals surface area contributed by atoms with Gasteiger partial charge in [0, 0.05) is 29.3 Å². The van der Waals surface area contributed by atoms with Crippen LogP contribution in [-0.4, -0.2) is 26.4 Å². The van der Waals surface area contributed by atoms with Gasteiger partial charge in [0.2, 0.25) is 5.91 Å². The second-order valence-electron chi connectivity index (χ2n) is 5.57. The first kappa shape index (κ1) is 18.7. The number of nitrogens with one attached hydrogen (secondary N) is 1. The van der Waals surface area contributed by atoms with Gasteiger partial charge in [-0.25, -0.2) is 4.98 Å². The van der Waals surface area contributed by atoms with Gasteiger partial charge in [-0.05, 0) is 32.0 Å². The maximum absolute atomic E-state index is 12.7. The fourth-order valence-electron chi connectivity index (χ4n) is 2.43. The Labute approximate surface area is 162 Å². The maximum Gasteiger partial charge on any atom is 0.262 e. The van der Waals surface area contributed by atoms with Crippen molar-refractivity contribution >= 4 is 50.3 Å². The van der Waals surface area contributed by atoms with Gasteiger partial charge >= 0.3 is 0 Å². The van der Waals surface area contributed by atoms with Crippen LogP contribution in [-0.2, 0) is 11.3 Å². The first-order valence-corrected chi connectivity index (χ1v) is 9.82. The summed E-state index contributed by atoms with van der Waals surface area (Å²) in [4.78, 5) is 29.2. The summed E-state index contributed by atoms with van der Waals surface area (Å²) in [5.41, 5.74) is 0.566. The smallest absolute Gasteiger partial charge is 0.262 e. The molecule has 2 aromatic heterocycles. The van der Waals surface area contributed by atoms with E-state index in [2.05, 4.69) is 31.4 Å². The average molecular weight is 437 g/mol. The minimum absolute atomic E-state index is 0.0798. The first-order chi connectivity index (χ1) is 12.5. The van der Waals surface area contributed by atoms with Crippen LogP contribution in [0.4, 0.5) is 5.82 Å². The normalized spacial score (nSPS) is 11.0. The highest BCUT2D eigenvalue weighted by Crippen LogP contribution is 2.21. The molecule has 1 amide bonds. The summed E-state index contributed by atoms with van der Waals surface area (Å²) in [5, 5.41) is 7.58. The SMILES string of the molecule is CCn1c(SCCC(=O)Nc2cc(C)on2)nc2ccc(Br)cc2c1=O. The Morgan fingerprint density at radius 2 is 2.19 bits per heavy atom. The number of hydrogen-bond donors (Lipinski definition) is 1. The first-order valence-electron chi connectivity index (χ1n) is 8.04. The van der Waals surface area contributed by atoms with Crippen LogP contribution in [0.25, 0.3) is 10.9 Å². The van der Waals surface area contributed by atoms with E-state index >= 15 is 0 Å². The van der Waals surface area contributed by atoms with Crippen molar-refractivity contribution in [2.45, 2.75) is 32.0 Å². The Kier molecular flexibility index (Phi) is 5.77. The van der Waals surface area contributed by atoms with E-state index in [-0.39, 0.29) is 17.9 Å². The van der Waals surface area contributed by atoms with Crippen LogP contribution in [0.2, 0.25) is 0 Å². The van der Waals surface area contributed by atoms with Crippen LogP contribution < -0.4 is 10.9 Å². The van der Waals surface area contributed by atoms with Crippen molar-refractivity contribution in [1.82, 2.24) is 14.7 Å². The van der Waals surface area contributed by atoms with Gasteiger partial charge in [0.15, 0.2) is 11.0 Å². The standard InChI is InChI=1S/C17H17BrN4O3S/c1-3-22-16(24)12-9-11(18)4-5-13(12)19-17(22)26-7-6-15(23)20-14-8-10(2)25-21-14/h4-5,8-9H,3,6-7H2,1-2H3,(H,20,21,23). The zero-order valence-electron chi connectivity index (χ0n) is 14.3. The van der Waals surface area contributed by atoms with E-state index in [4.69, 9.17) is 4.52 Å². The highest BCUT2D eigenvalue weighted by atomic mass is 79.9. The maximum atomic E-state index is 12.7. The number of anilines is 1. The van der Waals surface area contributed by atoms with Crippen LogP contribution in [0.15, 0.2) is 43.2 Å². The molecule has 136 valence electrons. The summed E-state index contributed by atoms with van der Waals surface area (Å²) in [5.74, 6) is 1.36. The molecule has 7 nitrogen and oxygen atoms in total. The zero-order chi connectivity index (χ0) is 18.7. The molecular weight excluding hydrogens is 420 g/mol. The lowest BCUT2D eigenvalue weighted by Crippen LogP contribution is -2.22. The van der Waals surface area contributed by atoms with Crippen LogP contribution in [0.1, 0.15) is 19.1 Å². The van der Waals surface area contributed by atoms with E-state index in [9.17, 15) is 9.59 Å². The molecule has 3 rings (SSSR count). The topological polar surface area (TPSA) is 90.0 Å². The molecule has 0 fully saturated rings. The summed E-state index contributed by atoms with van der Waals surface area (Å²) in [7, 11) is 0. The molecule has 0 radical (unpaired) electrons. The Morgan fingerprint density at radius 3 is 2.88 bits per heavy atom. The fourth-order valence-corrected chi connectivity index (χ4v) is 3.79. The second kappa shape index (κ2) is 8.05. The van der Waals surface area contributed by atoms with Crippen LogP contribution in [0.3, 0.4) is 0 Å². The Morgan fingerprint density at radius 1 is 1.38 bits per heavy atom. The lowest BCUT2D eigenvalue weighted by Gasteiger charge is -2.11. The molecule has 0 saturated heterocycles. The Hall–Kier alpha value is -2.13. The van der Waals surface area contributed by atoms with Crippen LogP contribution in [0.5, 0.6) is 0 Å². The minimum Gasteiger partial charge on any atom is -0.360 e. The van der Waals surface area contributed by atoms with Crippen LogP contribution >= 0.6 is 27.7 Å². The van der Waals surface area contributed by atoms with Crippen molar-refractivity contribution in [1.29, 1.82) is 0 Å². The summed E-state index contributed by atoms with van der Waals surface area (Å²) in [6, 6.07) is 7.10. The molecule has 3 aromatic rings. The second-order valence-corrected chi connectivity index (χ2v) is 7.55. The van der Waals surface area contributed by atoms with Gasteiger partial charge < -0.3 is 9.84 Å². The molecule has 0 unspecified atom stereocenters. The lowest BCUT2D eigenvalue weighted by molar-refractivity contribution is -0.115. The van der Waals surface area contributed by atoms with Crippen LogP contribution in [0, 0.1) is 6.92 Å². The highest BCUT2D eigenvalue weighted by Gasteiger charge is 2.12. The summed E-state index contributed by atoms with van der Waals surface area (Å²) >= 11 is 4.77. The van der Waals surface area contributed by atoms with Gasteiger partial charge in [-0.15, -0.1) is 0 Å². The lowest BCUT2D eigenvalue weighted by atomic mass is 10.2. The van der Waals surface area contributed by atoms with Gasteiger partial charge in [-0.3, -0.25) is 14.2 Å². The van der Waals surface area contributed by atoms with Gasteiger partial charge in [0.05, 0.1) is 10.9 Å². The van der Waals surface area contributed by atoms with Crippen molar-refractivity contribution in [3.63, 3.8) is 0 Å². The molecule has 0 aliphatic heterocycles. The molecule has 2 heterocycles. The van der Waals surface area contributed by atoms with Gasteiger partial charge in [-0.2, -0.15) is 0 Å². The van der Waals surface area contributed by atoms with Crippen molar-refractivity contribution in [3.8, 4) is 0 Å². The van der Waals surface area contributed by atoms with E-state index in [0.717, 1.165) is 4.47 Å². The van der Waals surface area contributed by atoms with Crippen molar-refractivity contribution < 1.29 is 9.32 Å². The average Bonchev–Trinajstić information content (AvgIpc) is 3.00. The molecular formula is C17H17BrN4O3S. The number of fused-ring (bicyclic) bond motifs is 1. The van der Waals surface area contributed by atoms with Gasteiger partial charge in [0.1, 0.15) is 5.76 Å². The molecule has 0 spiro atoms. The third-order valence-corrected chi connectivity index (χ3v) is 5.12. The quantitative estimate of drug-likeness (QED) is 0.468. The molecule has 1 N–H and O–H groups in total. The number of halogens is 1. The number of carbonyl (C=O) groups is 1. The molecule has 0 bridgehead atoms. The number of nitrogens with zero attached hydrogens (tertiary/aromatic N) is 3. The molecule has 1 aromatic carbocycles. The monoisotopic (exact) mass is 436 g/mol. The third-order valence-electron chi connectivity index (χ3n) is 3.65. The number of carbonyl (C=O) groups excluding carboxylic acids is 1. The van der Waals surface area contributed by atoms with E-state index in [1.807, 2.05) is 19.1 Å². The largest absolute Gasteiger partial charge is 0.360 e. The number of aromatic nitrogens is 3. The molecule has 0 atom stereocenters. The number of benzene rings is 1. The van der Waals surface area contributed by atoms with Crippen molar-refractivity contribution in [3.05, 3.63) is 44.9 Å². The van der Waals surface area contributed by atoms with Crippen molar-refractivity contribution in [2.24, 2.45) is 0 Å². The van der Waals surface area contributed by atoms with Crippen molar-refractivity contribution in [2.75, 3.05) is 11.1 Å². The molecule has 0 aliphatic carbocycles. The minimum atomic E-state index is -0.166. The number of rotatable bonds is 6. The number of hydrogen-bond acceptors (Lipinski definition) is 6. The molecule has 9 heteroatoms. The highest BCUT2D eigenvalue weighted by molar-refractivity contribution is 9.10. The van der Waals surface area contributed by atoms with Gasteiger partial charge in [-0.1, -0.05) is 32.8 Å².